The van der Waals surface area contributed by atoms with Crippen LogP contribution in [0.4, 0.5) is 13.2 Å². The van der Waals surface area contributed by atoms with Gasteiger partial charge in [-0.3, -0.25) is 10.2 Å². The average molecular weight is 364 g/mol. The van der Waals surface area contributed by atoms with Crippen molar-refractivity contribution in [3.05, 3.63) is 59.4 Å². The largest absolute Gasteiger partial charge is 0.416 e. The summed E-state index contributed by atoms with van der Waals surface area (Å²) < 4.78 is 38.3. The van der Waals surface area contributed by atoms with E-state index in [2.05, 4.69) is 15.8 Å². The van der Waals surface area contributed by atoms with Crippen LogP contribution in [0.15, 0.2) is 42.6 Å². The van der Waals surface area contributed by atoms with Crippen molar-refractivity contribution in [1.29, 1.82) is 0 Å². The second-order valence-corrected chi connectivity index (χ2v) is 6.78. The second kappa shape index (κ2) is 6.44. The summed E-state index contributed by atoms with van der Waals surface area (Å²) in [6, 6.07) is 8.81. The fourth-order valence-corrected chi connectivity index (χ4v) is 3.83. The summed E-state index contributed by atoms with van der Waals surface area (Å²) in [5.74, 6) is 0.0471. The molecule has 5 nitrogen and oxygen atoms in total. The highest BCUT2D eigenvalue weighted by Crippen LogP contribution is 2.36. The molecule has 0 aliphatic carbocycles. The molecule has 1 aromatic carbocycles. The van der Waals surface area contributed by atoms with E-state index in [-0.39, 0.29) is 23.9 Å². The molecule has 2 aliphatic rings. The summed E-state index contributed by atoms with van der Waals surface area (Å²) in [7, 11) is 0. The number of rotatable bonds is 2. The Balaban J connectivity index is 1.51. The normalized spacial score (nSPS) is 26.0. The number of fused-ring (bicyclic) bond motifs is 1. The van der Waals surface area contributed by atoms with E-state index < -0.39 is 11.7 Å². The first-order chi connectivity index (χ1) is 12.4. The molecule has 2 aliphatic heterocycles. The number of halogens is 3. The van der Waals surface area contributed by atoms with E-state index in [9.17, 15) is 18.0 Å². The van der Waals surface area contributed by atoms with Gasteiger partial charge in [0.1, 0.15) is 5.69 Å². The lowest BCUT2D eigenvalue weighted by atomic mass is 9.85. The summed E-state index contributed by atoms with van der Waals surface area (Å²) >= 11 is 0. The van der Waals surface area contributed by atoms with Gasteiger partial charge in [-0.25, -0.2) is 5.43 Å². The van der Waals surface area contributed by atoms with Gasteiger partial charge < -0.3 is 9.88 Å². The van der Waals surface area contributed by atoms with Crippen LogP contribution in [0.2, 0.25) is 0 Å². The molecule has 3 N–H and O–H groups in total. The van der Waals surface area contributed by atoms with Gasteiger partial charge in [-0.15, -0.1) is 0 Å². The number of hydrogen-bond donors (Lipinski definition) is 3. The first kappa shape index (κ1) is 17.1. The van der Waals surface area contributed by atoms with E-state index in [1.807, 2.05) is 0 Å². The van der Waals surface area contributed by atoms with Crippen LogP contribution >= 0.6 is 0 Å². The van der Waals surface area contributed by atoms with Crippen molar-refractivity contribution in [2.24, 2.45) is 5.92 Å². The van der Waals surface area contributed by atoms with Crippen LogP contribution in [-0.2, 0) is 6.18 Å². The van der Waals surface area contributed by atoms with Crippen LogP contribution in [0.5, 0.6) is 0 Å². The van der Waals surface area contributed by atoms with Crippen molar-refractivity contribution in [1.82, 2.24) is 20.7 Å². The number of piperidine rings is 1. The lowest BCUT2D eigenvalue weighted by Crippen LogP contribution is -2.47. The molecule has 3 heterocycles. The third-order valence-corrected chi connectivity index (χ3v) is 5.22. The number of nitrogens with one attached hydrogen (secondary N) is 3. The molecule has 3 atom stereocenters. The molecule has 4 rings (SSSR count). The summed E-state index contributed by atoms with van der Waals surface area (Å²) in [5.41, 5.74) is 7.10. The number of aromatic nitrogens is 1. The standard InChI is InChI=1S/C18H19F3N4O/c19-18(20,21)12-5-3-11(4-6-12)16-13-10-25(9-7-14(13)23-24-16)17(26)15-2-1-8-22-15/h1-6,8,13-14,16,22-24H,7,9-10H2. The molecule has 2 saturated heterocycles. The Kier molecular flexibility index (Phi) is 4.24. The highest BCUT2D eigenvalue weighted by molar-refractivity contribution is 5.92. The van der Waals surface area contributed by atoms with Gasteiger partial charge in [0.2, 0.25) is 0 Å². The Bertz CT molecular complexity index is 773. The van der Waals surface area contributed by atoms with Crippen molar-refractivity contribution in [2.45, 2.75) is 24.7 Å². The Labute approximate surface area is 148 Å². The maximum absolute atomic E-state index is 12.8. The summed E-state index contributed by atoms with van der Waals surface area (Å²) in [5, 5.41) is 0. The minimum absolute atomic E-state index is 0.0495. The number of hydrazine groups is 1. The molecule has 3 unspecified atom stereocenters. The predicted octanol–water partition coefficient (Wildman–Crippen LogP) is 2.71. The number of likely N-dealkylation sites (tertiary alicyclic amines) is 1. The molecule has 0 saturated carbocycles. The third-order valence-electron chi connectivity index (χ3n) is 5.22. The molecule has 2 aromatic rings. The van der Waals surface area contributed by atoms with Crippen molar-refractivity contribution in [2.75, 3.05) is 13.1 Å². The Hall–Kier alpha value is -2.32. The predicted molar refractivity (Wildman–Crippen MR) is 89.0 cm³/mol. The molecule has 0 bridgehead atoms. The zero-order valence-electron chi connectivity index (χ0n) is 13.9. The number of amides is 1. The fraction of sp³-hybridized carbons (Fsp3) is 0.389. The van der Waals surface area contributed by atoms with Crippen LogP contribution in [0.3, 0.4) is 0 Å². The van der Waals surface area contributed by atoms with Gasteiger partial charge in [0.05, 0.1) is 11.6 Å². The van der Waals surface area contributed by atoms with Gasteiger partial charge in [0.25, 0.3) is 5.91 Å². The van der Waals surface area contributed by atoms with Gasteiger partial charge in [-0.1, -0.05) is 12.1 Å². The van der Waals surface area contributed by atoms with Gasteiger partial charge >= 0.3 is 6.18 Å². The lowest BCUT2D eigenvalue weighted by molar-refractivity contribution is -0.137. The van der Waals surface area contributed by atoms with Gasteiger partial charge in [-0.2, -0.15) is 13.2 Å². The van der Waals surface area contributed by atoms with Crippen LogP contribution in [0.1, 0.15) is 34.1 Å². The van der Waals surface area contributed by atoms with E-state index in [4.69, 9.17) is 0 Å². The minimum atomic E-state index is -4.34. The molecule has 8 heteroatoms. The zero-order chi connectivity index (χ0) is 18.3. The number of benzene rings is 1. The second-order valence-electron chi connectivity index (χ2n) is 6.78. The molecule has 138 valence electrons. The molecule has 1 aromatic heterocycles. The number of hydrogen-bond acceptors (Lipinski definition) is 3. The minimum Gasteiger partial charge on any atom is -0.357 e. The van der Waals surface area contributed by atoms with Gasteiger partial charge in [0, 0.05) is 31.2 Å². The van der Waals surface area contributed by atoms with Crippen molar-refractivity contribution < 1.29 is 18.0 Å². The molecular formula is C18H19F3N4O. The van der Waals surface area contributed by atoms with Crippen molar-refractivity contribution in [3.8, 4) is 0 Å². The summed E-state index contributed by atoms with van der Waals surface area (Å²) in [6.07, 6.45) is -1.84. The smallest absolute Gasteiger partial charge is 0.357 e. The number of carbonyl (C=O) groups is 1. The maximum Gasteiger partial charge on any atom is 0.416 e. The fourth-order valence-electron chi connectivity index (χ4n) is 3.83. The zero-order valence-corrected chi connectivity index (χ0v) is 13.9. The number of carbonyl (C=O) groups excluding carboxylic acids is 1. The van der Waals surface area contributed by atoms with E-state index >= 15 is 0 Å². The van der Waals surface area contributed by atoms with E-state index in [0.717, 1.165) is 24.1 Å². The maximum atomic E-state index is 12.8. The Morgan fingerprint density at radius 3 is 2.54 bits per heavy atom. The first-order valence-corrected chi connectivity index (χ1v) is 8.54. The molecule has 2 fully saturated rings. The third kappa shape index (κ3) is 3.10. The molecule has 0 radical (unpaired) electrons. The SMILES string of the molecule is O=C(c1ccc[nH]1)N1CCC2NNC(c3ccc(C(F)(F)F)cc3)C2C1. The van der Waals surface area contributed by atoms with Gasteiger partial charge in [0.15, 0.2) is 0 Å². The lowest BCUT2D eigenvalue weighted by Gasteiger charge is -2.36. The van der Waals surface area contributed by atoms with Crippen molar-refractivity contribution >= 4 is 5.91 Å². The molecule has 26 heavy (non-hydrogen) atoms. The Morgan fingerprint density at radius 1 is 1.12 bits per heavy atom. The van der Waals surface area contributed by atoms with Crippen LogP contribution in [0, 0.1) is 5.92 Å². The number of aromatic amines is 1. The highest BCUT2D eigenvalue weighted by atomic mass is 19.4. The van der Waals surface area contributed by atoms with E-state index in [0.29, 0.717) is 18.8 Å². The Morgan fingerprint density at radius 2 is 1.88 bits per heavy atom. The monoisotopic (exact) mass is 364 g/mol. The topological polar surface area (TPSA) is 60.2 Å². The molecule has 1 amide bonds. The summed E-state index contributed by atoms with van der Waals surface area (Å²) in [4.78, 5) is 17.3. The number of H-pyrrole nitrogens is 1. The summed E-state index contributed by atoms with van der Waals surface area (Å²) in [6.45, 7) is 1.20. The number of nitrogens with zero attached hydrogens (tertiary/aromatic N) is 1. The van der Waals surface area contributed by atoms with Crippen LogP contribution < -0.4 is 10.9 Å². The van der Waals surface area contributed by atoms with Crippen LogP contribution in [-0.4, -0.2) is 34.9 Å². The molecular weight excluding hydrogens is 345 g/mol. The highest BCUT2D eigenvalue weighted by Gasteiger charge is 2.42. The van der Waals surface area contributed by atoms with Gasteiger partial charge in [-0.05, 0) is 36.2 Å². The number of alkyl halides is 3. The van der Waals surface area contributed by atoms with E-state index in [1.54, 1.807) is 23.2 Å². The molecule has 0 spiro atoms. The quantitative estimate of drug-likeness (QED) is 0.768. The van der Waals surface area contributed by atoms with E-state index in [1.165, 1.54) is 12.1 Å². The average Bonchev–Trinajstić information content (AvgIpc) is 3.30. The van der Waals surface area contributed by atoms with Crippen LogP contribution in [0.25, 0.3) is 0 Å². The first-order valence-electron chi connectivity index (χ1n) is 8.54. The van der Waals surface area contributed by atoms with Crippen molar-refractivity contribution in [3.63, 3.8) is 0 Å².